The van der Waals surface area contributed by atoms with Gasteiger partial charge in [-0.25, -0.2) is 0 Å². The van der Waals surface area contributed by atoms with E-state index in [0.717, 1.165) is 24.4 Å². The highest BCUT2D eigenvalue weighted by Gasteiger charge is 2.13. The lowest BCUT2D eigenvalue weighted by Gasteiger charge is -2.19. The summed E-state index contributed by atoms with van der Waals surface area (Å²) in [6, 6.07) is 6.16. The number of hydrazone groups is 1. The summed E-state index contributed by atoms with van der Waals surface area (Å²) in [6.45, 7) is 6.49. The second kappa shape index (κ2) is 6.84. The fourth-order valence-electron chi connectivity index (χ4n) is 2.37. The molecule has 0 saturated heterocycles. The lowest BCUT2D eigenvalue weighted by atomic mass is 9.90. The SMILES string of the molecule is Cc1cccc(NC(=S)NN=C2CCC(C)CC2)c1C. The minimum absolute atomic E-state index is 0.560. The van der Waals surface area contributed by atoms with Crippen molar-refractivity contribution in [2.75, 3.05) is 5.32 Å². The second-order valence-corrected chi connectivity index (χ2v) is 6.08. The monoisotopic (exact) mass is 289 g/mol. The van der Waals surface area contributed by atoms with E-state index < -0.39 is 0 Å². The van der Waals surface area contributed by atoms with Crippen LogP contribution in [0.25, 0.3) is 0 Å². The summed E-state index contributed by atoms with van der Waals surface area (Å²) in [6.07, 6.45) is 4.63. The van der Waals surface area contributed by atoms with Gasteiger partial charge < -0.3 is 5.32 Å². The van der Waals surface area contributed by atoms with E-state index >= 15 is 0 Å². The van der Waals surface area contributed by atoms with Gasteiger partial charge in [0.2, 0.25) is 0 Å². The Kier molecular flexibility index (Phi) is 5.12. The van der Waals surface area contributed by atoms with E-state index in [2.05, 4.69) is 42.7 Å². The van der Waals surface area contributed by atoms with Crippen LogP contribution in [0, 0.1) is 19.8 Å². The van der Waals surface area contributed by atoms with E-state index in [1.807, 2.05) is 12.1 Å². The van der Waals surface area contributed by atoms with Crippen molar-refractivity contribution in [3.63, 3.8) is 0 Å². The number of nitrogens with one attached hydrogen (secondary N) is 2. The zero-order valence-electron chi connectivity index (χ0n) is 12.5. The molecule has 0 atom stereocenters. The molecule has 0 spiro atoms. The van der Waals surface area contributed by atoms with Crippen LogP contribution in [0.3, 0.4) is 0 Å². The normalized spacial score (nSPS) is 18.6. The molecular formula is C16H23N3S. The molecule has 2 N–H and O–H groups in total. The van der Waals surface area contributed by atoms with E-state index in [1.54, 1.807) is 0 Å². The van der Waals surface area contributed by atoms with Gasteiger partial charge in [0.25, 0.3) is 0 Å². The van der Waals surface area contributed by atoms with Crippen LogP contribution in [0.4, 0.5) is 5.69 Å². The molecule has 0 bridgehead atoms. The highest BCUT2D eigenvalue weighted by molar-refractivity contribution is 7.80. The van der Waals surface area contributed by atoms with Crippen LogP contribution in [-0.4, -0.2) is 10.8 Å². The Balaban J connectivity index is 1.90. The number of rotatable bonds is 2. The molecule has 1 aromatic carbocycles. The molecule has 1 aliphatic rings. The second-order valence-electron chi connectivity index (χ2n) is 5.67. The van der Waals surface area contributed by atoms with Crippen molar-refractivity contribution in [2.45, 2.75) is 46.5 Å². The minimum Gasteiger partial charge on any atom is -0.331 e. The third kappa shape index (κ3) is 4.04. The van der Waals surface area contributed by atoms with Gasteiger partial charge in [-0.05, 0) is 74.9 Å². The van der Waals surface area contributed by atoms with Gasteiger partial charge in [0.1, 0.15) is 0 Å². The van der Waals surface area contributed by atoms with Gasteiger partial charge in [-0.15, -0.1) is 0 Å². The van der Waals surface area contributed by atoms with Gasteiger partial charge in [0.15, 0.2) is 5.11 Å². The zero-order chi connectivity index (χ0) is 14.5. The van der Waals surface area contributed by atoms with Crippen molar-refractivity contribution >= 4 is 28.7 Å². The smallest absolute Gasteiger partial charge is 0.191 e. The van der Waals surface area contributed by atoms with Crippen LogP contribution in [0.15, 0.2) is 23.3 Å². The Morgan fingerprint density at radius 3 is 2.65 bits per heavy atom. The minimum atomic E-state index is 0.560. The molecule has 0 heterocycles. The highest BCUT2D eigenvalue weighted by Crippen LogP contribution is 2.21. The number of anilines is 1. The predicted octanol–water partition coefficient (Wildman–Crippen LogP) is 4.16. The number of benzene rings is 1. The summed E-state index contributed by atoms with van der Waals surface area (Å²) in [4.78, 5) is 0. The van der Waals surface area contributed by atoms with Crippen LogP contribution in [0.2, 0.25) is 0 Å². The quantitative estimate of drug-likeness (QED) is 0.634. The summed E-state index contributed by atoms with van der Waals surface area (Å²) in [5.74, 6) is 0.828. The van der Waals surface area contributed by atoms with Crippen LogP contribution < -0.4 is 10.7 Å². The van der Waals surface area contributed by atoms with Gasteiger partial charge in [0, 0.05) is 11.4 Å². The van der Waals surface area contributed by atoms with E-state index in [9.17, 15) is 0 Å². The first-order valence-corrected chi connectivity index (χ1v) is 7.65. The molecule has 1 aliphatic carbocycles. The highest BCUT2D eigenvalue weighted by atomic mass is 32.1. The van der Waals surface area contributed by atoms with Crippen molar-refractivity contribution < 1.29 is 0 Å². The lowest BCUT2D eigenvalue weighted by Crippen LogP contribution is -2.26. The molecule has 4 heteroatoms. The van der Waals surface area contributed by atoms with Crippen molar-refractivity contribution in [1.29, 1.82) is 0 Å². The molecule has 0 radical (unpaired) electrons. The summed E-state index contributed by atoms with van der Waals surface area (Å²) in [5, 5.41) is 8.20. The maximum Gasteiger partial charge on any atom is 0.191 e. The van der Waals surface area contributed by atoms with Crippen molar-refractivity contribution in [3.8, 4) is 0 Å². The average Bonchev–Trinajstić information content (AvgIpc) is 2.43. The maximum atomic E-state index is 5.30. The standard InChI is InChI=1S/C16H23N3S/c1-11-7-9-14(10-8-11)18-19-16(20)17-15-6-4-5-12(2)13(15)3/h4-6,11H,7-10H2,1-3H3,(H2,17,19,20). The third-order valence-corrected chi connectivity index (χ3v) is 4.21. The van der Waals surface area contributed by atoms with Crippen molar-refractivity contribution in [3.05, 3.63) is 29.3 Å². The fraction of sp³-hybridized carbons (Fsp3) is 0.500. The summed E-state index contributed by atoms with van der Waals surface area (Å²) >= 11 is 5.30. The summed E-state index contributed by atoms with van der Waals surface area (Å²) in [5.41, 5.74) is 7.72. The van der Waals surface area contributed by atoms with E-state index in [0.29, 0.717) is 5.11 Å². The van der Waals surface area contributed by atoms with Gasteiger partial charge in [0.05, 0.1) is 0 Å². The summed E-state index contributed by atoms with van der Waals surface area (Å²) < 4.78 is 0. The number of hydrogen-bond acceptors (Lipinski definition) is 2. The van der Waals surface area contributed by atoms with Gasteiger partial charge in [-0.1, -0.05) is 19.1 Å². The number of nitrogens with zero attached hydrogens (tertiary/aromatic N) is 1. The van der Waals surface area contributed by atoms with Crippen LogP contribution in [-0.2, 0) is 0 Å². The molecule has 0 unspecified atom stereocenters. The Morgan fingerprint density at radius 1 is 1.25 bits per heavy atom. The van der Waals surface area contributed by atoms with Crippen LogP contribution in [0.1, 0.15) is 43.7 Å². The van der Waals surface area contributed by atoms with Crippen molar-refractivity contribution in [2.24, 2.45) is 11.0 Å². The molecule has 0 aromatic heterocycles. The lowest BCUT2D eigenvalue weighted by molar-refractivity contribution is 0.482. The number of thiocarbonyl (C=S) groups is 1. The Bertz CT molecular complexity index is 512. The Labute approximate surface area is 126 Å². The van der Waals surface area contributed by atoms with Crippen molar-refractivity contribution in [1.82, 2.24) is 5.43 Å². The Morgan fingerprint density at radius 2 is 1.95 bits per heavy atom. The average molecular weight is 289 g/mol. The predicted molar refractivity (Wildman–Crippen MR) is 90.3 cm³/mol. The van der Waals surface area contributed by atoms with Crippen LogP contribution in [0.5, 0.6) is 0 Å². The molecule has 108 valence electrons. The van der Waals surface area contributed by atoms with Crippen LogP contribution >= 0.6 is 12.2 Å². The van der Waals surface area contributed by atoms with Gasteiger partial charge >= 0.3 is 0 Å². The van der Waals surface area contributed by atoms with Gasteiger partial charge in [-0.3, -0.25) is 5.43 Å². The molecule has 0 aliphatic heterocycles. The third-order valence-electron chi connectivity index (χ3n) is 4.02. The number of hydrogen-bond donors (Lipinski definition) is 2. The van der Waals surface area contributed by atoms with E-state index in [1.165, 1.54) is 29.7 Å². The fourth-order valence-corrected chi connectivity index (χ4v) is 2.53. The largest absolute Gasteiger partial charge is 0.331 e. The molecule has 1 fully saturated rings. The van der Waals surface area contributed by atoms with Gasteiger partial charge in [-0.2, -0.15) is 5.10 Å². The first-order valence-electron chi connectivity index (χ1n) is 7.25. The maximum absolute atomic E-state index is 5.30. The topological polar surface area (TPSA) is 36.4 Å². The molecule has 0 amide bonds. The molecule has 1 aromatic rings. The van der Waals surface area contributed by atoms with E-state index in [4.69, 9.17) is 12.2 Å². The van der Waals surface area contributed by atoms with E-state index in [-0.39, 0.29) is 0 Å². The number of aryl methyl sites for hydroxylation is 1. The first kappa shape index (κ1) is 15.0. The molecule has 3 nitrogen and oxygen atoms in total. The zero-order valence-corrected chi connectivity index (χ0v) is 13.3. The summed E-state index contributed by atoms with van der Waals surface area (Å²) in [7, 11) is 0. The Hall–Kier alpha value is -1.42. The molecule has 1 saturated carbocycles. The molecule has 2 rings (SSSR count). The first-order chi connectivity index (χ1) is 9.56. The molecular weight excluding hydrogens is 266 g/mol. The molecule has 20 heavy (non-hydrogen) atoms.